The van der Waals surface area contributed by atoms with Crippen LogP contribution in [0, 0.1) is 0 Å². The molecule has 1 unspecified atom stereocenters. The third-order valence-electron chi connectivity index (χ3n) is 3.48. The lowest BCUT2D eigenvalue weighted by molar-refractivity contribution is 0.0252. The number of halogens is 1. The van der Waals surface area contributed by atoms with Crippen LogP contribution in [0.15, 0.2) is 22.7 Å². The van der Waals surface area contributed by atoms with Gasteiger partial charge < -0.3 is 15.2 Å². The number of ether oxygens (including phenoxy) is 2. The van der Waals surface area contributed by atoms with Crippen molar-refractivity contribution >= 4 is 15.9 Å². The van der Waals surface area contributed by atoms with Gasteiger partial charge in [0.15, 0.2) is 0 Å². The number of nitrogens with two attached hydrogens (primary N) is 1. The van der Waals surface area contributed by atoms with Gasteiger partial charge in [0.2, 0.25) is 0 Å². The maximum absolute atomic E-state index is 6.01. The van der Waals surface area contributed by atoms with E-state index in [-0.39, 0.29) is 12.1 Å². The van der Waals surface area contributed by atoms with Crippen LogP contribution >= 0.6 is 15.9 Å². The van der Waals surface area contributed by atoms with Crippen LogP contribution in [0.2, 0.25) is 0 Å². The lowest BCUT2D eigenvalue weighted by Gasteiger charge is -2.24. The first-order chi connectivity index (χ1) is 9.19. The average molecular weight is 328 g/mol. The minimum absolute atomic E-state index is 0.231. The van der Waals surface area contributed by atoms with Crippen LogP contribution in [-0.4, -0.2) is 25.4 Å². The molecule has 0 amide bonds. The molecule has 1 aliphatic heterocycles. The highest BCUT2D eigenvalue weighted by Gasteiger charge is 2.16. The monoisotopic (exact) mass is 327 g/mol. The number of benzene rings is 1. The van der Waals surface area contributed by atoms with Gasteiger partial charge in [0.05, 0.1) is 17.7 Å². The van der Waals surface area contributed by atoms with Crippen LogP contribution in [0.1, 0.15) is 31.7 Å². The van der Waals surface area contributed by atoms with E-state index in [1.807, 2.05) is 6.07 Å². The Morgan fingerprint density at radius 3 is 2.79 bits per heavy atom. The van der Waals surface area contributed by atoms with E-state index < -0.39 is 0 Å². The molecule has 1 fully saturated rings. The molecule has 0 aromatic heterocycles. The zero-order valence-electron chi connectivity index (χ0n) is 11.4. The van der Waals surface area contributed by atoms with E-state index >= 15 is 0 Å². The molecule has 4 heteroatoms. The molecule has 19 heavy (non-hydrogen) atoms. The van der Waals surface area contributed by atoms with Crippen LogP contribution in [0.3, 0.4) is 0 Å². The zero-order valence-corrected chi connectivity index (χ0v) is 13.0. The lowest BCUT2D eigenvalue weighted by atomic mass is 10.0. The van der Waals surface area contributed by atoms with E-state index in [1.54, 1.807) is 0 Å². The van der Waals surface area contributed by atoms with Crippen molar-refractivity contribution in [3.8, 4) is 5.75 Å². The summed E-state index contributed by atoms with van der Waals surface area (Å²) in [4.78, 5) is 0. The normalized spacial score (nSPS) is 18.3. The summed E-state index contributed by atoms with van der Waals surface area (Å²) in [6.07, 6.45) is 4.11. The molecule has 0 radical (unpaired) electrons. The van der Waals surface area contributed by atoms with Crippen molar-refractivity contribution in [1.29, 1.82) is 0 Å². The highest BCUT2D eigenvalue weighted by atomic mass is 79.9. The Morgan fingerprint density at radius 2 is 2.16 bits per heavy atom. The maximum atomic E-state index is 6.01. The molecule has 1 aromatic carbocycles. The quantitative estimate of drug-likeness (QED) is 0.902. The molecule has 0 saturated carbocycles. The SMILES string of the molecule is CCC(N)Cc1ccc(OC2CCOCC2)c(Br)c1. The van der Waals surface area contributed by atoms with Crippen LogP contribution in [0.5, 0.6) is 5.75 Å². The Labute approximate surface area is 123 Å². The van der Waals surface area contributed by atoms with E-state index in [0.29, 0.717) is 0 Å². The summed E-state index contributed by atoms with van der Waals surface area (Å²) in [5.74, 6) is 0.917. The van der Waals surface area contributed by atoms with Gasteiger partial charge in [-0.25, -0.2) is 0 Å². The summed E-state index contributed by atoms with van der Waals surface area (Å²) in [5, 5.41) is 0. The molecule has 1 saturated heterocycles. The Hall–Kier alpha value is -0.580. The Balaban J connectivity index is 1.98. The molecular weight excluding hydrogens is 306 g/mol. The molecule has 0 spiro atoms. The topological polar surface area (TPSA) is 44.5 Å². The number of hydrogen-bond acceptors (Lipinski definition) is 3. The molecule has 1 heterocycles. The third-order valence-corrected chi connectivity index (χ3v) is 4.10. The van der Waals surface area contributed by atoms with Crippen molar-refractivity contribution in [3.05, 3.63) is 28.2 Å². The fourth-order valence-electron chi connectivity index (χ4n) is 2.19. The molecule has 2 N–H and O–H groups in total. The van der Waals surface area contributed by atoms with Crippen LogP contribution in [-0.2, 0) is 11.2 Å². The summed E-state index contributed by atoms with van der Waals surface area (Å²) in [5.41, 5.74) is 7.23. The van der Waals surface area contributed by atoms with Gasteiger partial charge in [0.25, 0.3) is 0 Å². The number of rotatable bonds is 5. The first-order valence-corrected chi connectivity index (χ1v) is 7.76. The Bertz CT molecular complexity index is 405. The van der Waals surface area contributed by atoms with Gasteiger partial charge in [0, 0.05) is 18.9 Å². The van der Waals surface area contributed by atoms with Gasteiger partial charge in [-0.15, -0.1) is 0 Å². The van der Waals surface area contributed by atoms with Crippen molar-refractivity contribution in [1.82, 2.24) is 0 Å². The van der Waals surface area contributed by atoms with Gasteiger partial charge in [-0.1, -0.05) is 13.0 Å². The van der Waals surface area contributed by atoms with Gasteiger partial charge in [-0.2, -0.15) is 0 Å². The fraction of sp³-hybridized carbons (Fsp3) is 0.600. The van der Waals surface area contributed by atoms with Crippen LogP contribution in [0.25, 0.3) is 0 Å². The molecule has 1 aromatic rings. The zero-order chi connectivity index (χ0) is 13.7. The number of hydrogen-bond donors (Lipinski definition) is 1. The summed E-state index contributed by atoms with van der Waals surface area (Å²) in [6, 6.07) is 6.49. The second kappa shape index (κ2) is 7.27. The van der Waals surface area contributed by atoms with E-state index in [1.165, 1.54) is 5.56 Å². The second-order valence-corrected chi connectivity index (χ2v) is 5.92. The second-order valence-electron chi connectivity index (χ2n) is 5.07. The van der Waals surface area contributed by atoms with E-state index in [4.69, 9.17) is 15.2 Å². The minimum Gasteiger partial charge on any atom is -0.489 e. The molecule has 1 atom stereocenters. The van der Waals surface area contributed by atoms with Gasteiger partial charge in [-0.05, 0) is 46.5 Å². The standard InChI is InChI=1S/C15H22BrNO2/c1-2-12(17)9-11-3-4-15(14(16)10-11)19-13-5-7-18-8-6-13/h3-4,10,12-13H,2,5-9,17H2,1H3. The average Bonchev–Trinajstić information content (AvgIpc) is 2.43. The van der Waals surface area contributed by atoms with E-state index in [2.05, 4.69) is 35.0 Å². The molecule has 3 nitrogen and oxygen atoms in total. The molecular formula is C15H22BrNO2. The minimum atomic E-state index is 0.231. The first kappa shape index (κ1) is 14.8. The van der Waals surface area contributed by atoms with Crippen molar-refractivity contribution in [3.63, 3.8) is 0 Å². The highest BCUT2D eigenvalue weighted by molar-refractivity contribution is 9.10. The Morgan fingerprint density at radius 1 is 1.42 bits per heavy atom. The summed E-state index contributed by atoms with van der Waals surface area (Å²) >= 11 is 3.59. The summed E-state index contributed by atoms with van der Waals surface area (Å²) in [7, 11) is 0. The molecule has 2 rings (SSSR count). The molecule has 0 bridgehead atoms. The summed E-state index contributed by atoms with van der Waals surface area (Å²) in [6.45, 7) is 3.71. The molecule has 1 aliphatic rings. The van der Waals surface area contributed by atoms with Gasteiger partial charge in [-0.3, -0.25) is 0 Å². The van der Waals surface area contributed by atoms with Crippen LogP contribution < -0.4 is 10.5 Å². The fourth-order valence-corrected chi connectivity index (χ4v) is 2.71. The maximum Gasteiger partial charge on any atom is 0.133 e. The van der Waals surface area contributed by atoms with E-state index in [0.717, 1.165) is 49.1 Å². The van der Waals surface area contributed by atoms with Crippen molar-refractivity contribution in [2.45, 2.75) is 44.8 Å². The van der Waals surface area contributed by atoms with Crippen molar-refractivity contribution in [2.75, 3.05) is 13.2 Å². The van der Waals surface area contributed by atoms with Gasteiger partial charge in [0.1, 0.15) is 11.9 Å². The third kappa shape index (κ3) is 4.48. The van der Waals surface area contributed by atoms with Crippen molar-refractivity contribution < 1.29 is 9.47 Å². The first-order valence-electron chi connectivity index (χ1n) is 6.97. The summed E-state index contributed by atoms with van der Waals surface area (Å²) < 4.78 is 12.4. The largest absolute Gasteiger partial charge is 0.489 e. The lowest BCUT2D eigenvalue weighted by Crippen LogP contribution is -2.26. The predicted molar refractivity (Wildman–Crippen MR) is 80.6 cm³/mol. The molecule has 106 valence electrons. The predicted octanol–water partition coefficient (Wildman–Crippen LogP) is 3.29. The van der Waals surface area contributed by atoms with Crippen molar-refractivity contribution in [2.24, 2.45) is 5.73 Å². The highest BCUT2D eigenvalue weighted by Crippen LogP contribution is 2.29. The Kier molecular flexibility index (Phi) is 5.67. The van der Waals surface area contributed by atoms with Crippen LogP contribution in [0.4, 0.5) is 0 Å². The smallest absolute Gasteiger partial charge is 0.133 e. The van der Waals surface area contributed by atoms with Gasteiger partial charge >= 0.3 is 0 Å². The van der Waals surface area contributed by atoms with E-state index in [9.17, 15) is 0 Å². The molecule has 0 aliphatic carbocycles.